The molecule has 2 aliphatic rings. The molecule has 10 heteroatoms. The number of halogens is 2. The minimum Gasteiger partial charge on any atom is -0.456 e. The highest BCUT2D eigenvalue weighted by molar-refractivity contribution is 7.96. The average Bonchev–Trinajstić information content (AvgIpc) is 2.54. The van der Waals surface area contributed by atoms with Crippen molar-refractivity contribution in [3.05, 3.63) is 0 Å². The summed E-state index contributed by atoms with van der Waals surface area (Å²) in [6, 6.07) is -0.0718. The second-order valence-electron chi connectivity index (χ2n) is 5.19. The lowest BCUT2D eigenvalue weighted by Crippen LogP contribution is -2.52. The summed E-state index contributed by atoms with van der Waals surface area (Å²) in [5, 5.41) is 7.04. The number of carbonyl (C=O) groups is 1. The van der Waals surface area contributed by atoms with Gasteiger partial charge in [0.1, 0.15) is 18.1 Å². The monoisotopic (exact) mass is 343 g/mol. The number of rotatable bonds is 6. The van der Waals surface area contributed by atoms with Crippen LogP contribution in [0.15, 0.2) is 0 Å². The average molecular weight is 343 g/mol. The van der Waals surface area contributed by atoms with Crippen molar-refractivity contribution >= 4 is 18.0 Å². The van der Waals surface area contributed by atoms with Gasteiger partial charge in [-0.1, -0.05) is 11.5 Å². The first-order valence-electron chi connectivity index (χ1n) is 7.11. The summed E-state index contributed by atoms with van der Waals surface area (Å²) in [4.78, 5) is 13.7. The normalized spacial score (nSPS) is 27.6. The van der Waals surface area contributed by atoms with Crippen LogP contribution in [0, 0.1) is 0 Å². The zero-order valence-corrected chi connectivity index (χ0v) is 12.7. The SMILES string of the molecule is O=C(OC1CCCCC1N1CCOCC1)C(F)(F)SOOO. The van der Waals surface area contributed by atoms with E-state index in [0.717, 1.165) is 19.3 Å². The van der Waals surface area contributed by atoms with Gasteiger partial charge in [-0.2, -0.15) is 8.78 Å². The molecule has 128 valence electrons. The zero-order chi connectivity index (χ0) is 16.0. The fourth-order valence-electron chi connectivity index (χ4n) is 2.84. The topological polar surface area (TPSA) is 77.5 Å². The van der Waals surface area contributed by atoms with Crippen molar-refractivity contribution in [3.8, 4) is 0 Å². The summed E-state index contributed by atoms with van der Waals surface area (Å²) in [6.45, 7) is 2.58. The molecule has 1 saturated carbocycles. The minimum atomic E-state index is -3.95. The summed E-state index contributed by atoms with van der Waals surface area (Å²) in [6.07, 6.45) is 2.57. The molecule has 1 saturated heterocycles. The number of carbonyl (C=O) groups excluding carboxylic acids is 1. The quantitative estimate of drug-likeness (QED) is 0.339. The Hall–Kier alpha value is -0.520. The van der Waals surface area contributed by atoms with Gasteiger partial charge in [0.15, 0.2) is 0 Å². The Labute approximate surface area is 130 Å². The second kappa shape index (κ2) is 8.37. The van der Waals surface area contributed by atoms with E-state index >= 15 is 0 Å². The molecule has 1 aliphatic heterocycles. The number of alkyl halides is 2. The standard InChI is InChI=1S/C12H19F2NO6S/c13-12(14,22-21-20-17)11(16)19-10-4-2-1-3-9(10)15-5-7-18-8-6-15/h9-10,17H,1-8H2. The van der Waals surface area contributed by atoms with Crippen LogP contribution in [0.4, 0.5) is 8.78 Å². The van der Waals surface area contributed by atoms with Gasteiger partial charge in [0.2, 0.25) is 0 Å². The van der Waals surface area contributed by atoms with E-state index in [4.69, 9.17) is 14.7 Å². The van der Waals surface area contributed by atoms with E-state index in [2.05, 4.69) is 14.3 Å². The number of hydrogen-bond donors (Lipinski definition) is 1. The Balaban J connectivity index is 1.94. The Morgan fingerprint density at radius 1 is 1.27 bits per heavy atom. The van der Waals surface area contributed by atoms with E-state index in [1.807, 2.05) is 0 Å². The van der Waals surface area contributed by atoms with Crippen molar-refractivity contribution in [2.24, 2.45) is 0 Å². The highest BCUT2D eigenvalue weighted by atomic mass is 32.2. The fourth-order valence-corrected chi connectivity index (χ4v) is 3.07. The van der Waals surface area contributed by atoms with Crippen LogP contribution < -0.4 is 0 Å². The largest absolute Gasteiger partial charge is 0.456 e. The van der Waals surface area contributed by atoms with E-state index in [-0.39, 0.29) is 6.04 Å². The molecule has 2 atom stereocenters. The molecule has 1 N–H and O–H groups in total. The van der Waals surface area contributed by atoms with Crippen LogP contribution in [0.1, 0.15) is 25.7 Å². The fraction of sp³-hybridized carbons (Fsp3) is 0.917. The third-order valence-corrected chi connectivity index (χ3v) is 4.35. The van der Waals surface area contributed by atoms with E-state index in [9.17, 15) is 13.6 Å². The molecule has 2 unspecified atom stereocenters. The Morgan fingerprint density at radius 3 is 2.64 bits per heavy atom. The predicted octanol–water partition coefficient (Wildman–Crippen LogP) is 1.84. The smallest absolute Gasteiger partial charge is 0.415 e. The predicted molar refractivity (Wildman–Crippen MR) is 71.9 cm³/mol. The maximum Gasteiger partial charge on any atom is 0.415 e. The van der Waals surface area contributed by atoms with Crippen LogP contribution in [-0.4, -0.2) is 59.8 Å². The van der Waals surface area contributed by atoms with Gasteiger partial charge in [-0.25, -0.2) is 10.1 Å². The number of esters is 1. The molecule has 22 heavy (non-hydrogen) atoms. The molecule has 0 spiro atoms. The summed E-state index contributed by atoms with van der Waals surface area (Å²) >= 11 is -0.601. The van der Waals surface area contributed by atoms with Gasteiger partial charge in [-0.15, -0.1) is 4.33 Å². The first kappa shape index (κ1) is 17.8. The van der Waals surface area contributed by atoms with Crippen LogP contribution in [0.2, 0.25) is 0 Å². The highest BCUT2D eigenvalue weighted by Gasteiger charge is 2.46. The van der Waals surface area contributed by atoms with E-state index < -0.39 is 29.4 Å². The van der Waals surface area contributed by atoms with E-state index in [0.29, 0.717) is 32.7 Å². The van der Waals surface area contributed by atoms with Gasteiger partial charge in [0.25, 0.3) is 0 Å². The van der Waals surface area contributed by atoms with Gasteiger partial charge in [-0.3, -0.25) is 4.90 Å². The number of morpholine rings is 1. The van der Waals surface area contributed by atoms with Gasteiger partial charge in [-0.05, 0) is 19.3 Å². The third kappa shape index (κ3) is 4.74. The number of ether oxygens (including phenoxy) is 2. The highest BCUT2D eigenvalue weighted by Crippen LogP contribution is 2.34. The Kier molecular flexibility index (Phi) is 6.78. The number of nitrogens with zero attached hydrogens (tertiary/aromatic N) is 1. The molecule has 1 heterocycles. The second-order valence-corrected chi connectivity index (χ2v) is 6.00. The van der Waals surface area contributed by atoms with Crippen molar-refractivity contribution < 1.29 is 37.7 Å². The third-order valence-electron chi connectivity index (χ3n) is 3.85. The summed E-state index contributed by atoms with van der Waals surface area (Å²) in [5.41, 5.74) is 0. The van der Waals surface area contributed by atoms with Crippen molar-refractivity contribution in [3.63, 3.8) is 0 Å². The minimum absolute atomic E-state index is 0.0718. The number of hydrogen-bond acceptors (Lipinski definition) is 8. The molecular formula is C12H19F2NO6S. The van der Waals surface area contributed by atoms with E-state index in [1.54, 1.807) is 0 Å². The molecular weight excluding hydrogens is 324 g/mol. The van der Waals surface area contributed by atoms with Crippen LogP contribution in [0.25, 0.3) is 0 Å². The lowest BCUT2D eigenvalue weighted by atomic mass is 9.91. The van der Waals surface area contributed by atoms with Crippen LogP contribution in [-0.2, 0) is 23.6 Å². The van der Waals surface area contributed by atoms with Crippen LogP contribution in [0.3, 0.4) is 0 Å². The molecule has 0 bridgehead atoms. The maximum absolute atomic E-state index is 13.5. The molecule has 0 aromatic carbocycles. The van der Waals surface area contributed by atoms with E-state index in [1.165, 1.54) is 0 Å². The molecule has 0 aromatic rings. The van der Waals surface area contributed by atoms with Gasteiger partial charge in [0.05, 0.1) is 13.2 Å². The lowest BCUT2D eigenvalue weighted by molar-refractivity contribution is -0.433. The van der Waals surface area contributed by atoms with Crippen LogP contribution >= 0.6 is 12.0 Å². The van der Waals surface area contributed by atoms with Crippen molar-refractivity contribution in [1.82, 2.24) is 4.90 Å². The Bertz CT molecular complexity index is 370. The first-order chi connectivity index (χ1) is 10.5. The first-order valence-corrected chi connectivity index (χ1v) is 7.85. The Morgan fingerprint density at radius 2 is 1.95 bits per heavy atom. The van der Waals surface area contributed by atoms with Gasteiger partial charge >= 0.3 is 11.2 Å². The molecule has 7 nitrogen and oxygen atoms in total. The summed E-state index contributed by atoms with van der Waals surface area (Å²) in [5.74, 6) is -1.69. The van der Waals surface area contributed by atoms with Gasteiger partial charge in [0, 0.05) is 19.1 Å². The van der Waals surface area contributed by atoms with Crippen molar-refractivity contribution in [2.75, 3.05) is 26.3 Å². The van der Waals surface area contributed by atoms with Crippen LogP contribution in [0.5, 0.6) is 0 Å². The molecule has 0 amide bonds. The van der Waals surface area contributed by atoms with Gasteiger partial charge < -0.3 is 9.47 Å². The molecule has 2 fully saturated rings. The summed E-state index contributed by atoms with van der Waals surface area (Å²) in [7, 11) is 0. The molecule has 0 aromatic heterocycles. The lowest BCUT2D eigenvalue weighted by Gasteiger charge is -2.41. The van der Waals surface area contributed by atoms with Crippen molar-refractivity contribution in [2.45, 2.75) is 43.1 Å². The zero-order valence-electron chi connectivity index (χ0n) is 11.9. The maximum atomic E-state index is 13.5. The molecule has 2 rings (SSSR count). The van der Waals surface area contributed by atoms with Crippen molar-refractivity contribution in [1.29, 1.82) is 0 Å². The summed E-state index contributed by atoms with van der Waals surface area (Å²) < 4.78 is 40.9. The molecule has 0 radical (unpaired) electrons. The molecule has 1 aliphatic carbocycles.